The lowest BCUT2D eigenvalue weighted by Crippen LogP contribution is -2.28. The minimum Gasteiger partial charge on any atom is -0.508 e. The monoisotopic (exact) mass is 340 g/mol. The molecular formula is C23H32O2. The van der Waals surface area contributed by atoms with Crippen LogP contribution >= 0.6 is 0 Å². The Hall–Kier alpha value is -1.80. The first-order valence-corrected chi connectivity index (χ1v) is 9.52. The van der Waals surface area contributed by atoms with E-state index in [0.29, 0.717) is 5.75 Å². The average Bonchev–Trinajstić information content (AvgIpc) is 2.60. The van der Waals surface area contributed by atoms with Crippen LogP contribution in [0.15, 0.2) is 54.6 Å². The van der Waals surface area contributed by atoms with Crippen molar-refractivity contribution in [3.63, 3.8) is 0 Å². The van der Waals surface area contributed by atoms with E-state index in [-0.39, 0.29) is 5.60 Å². The van der Waals surface area contributed by atoms with Crippen molar-refractivity contribution in [3.8, 4) is 5.75 Å². The van der Waals surface area contributed by atoms with Gasteiger partial charge in [0.15, 0.2) is 0 Å². The Balaban J connectivity index is 1.54. The summed E-state index contributed by atoms with van der Waals surface area (Å²) in [5.74, 6) is 0.359. The molecule has 2 nitrogen and oxygen atoms in total. The highest BCUT2D eigenvalue weighted by Crippen LogP contribution is 2.24. The van der Waals surface area contributed by atoms with Crippen molar-refractivity contribution in [2.45, 2.75) is 64.4 Å². The Morgan fingerprint density at radius 1 is 0.800 bits per heavy atom. The van der Waals surface area contributed by atoms with Crippen LogP contribution in [-0.2, 0) is 17.6 Å². The van der Waals surface area contributed by atoms with Gasteiger partial charge in [-0.2, -0.15) is 0 Å². The zero-order chi connectivity index (χ0) is 18.0. The molecule has 0 aromatic heterocycles. The van der Waals surface area contributed by atoms with Crippen molar-refractivity contribution < 1.29 is 9.84 Å². The van der Waals surface area contributed by atoms with Crippen molar-refractivity contribution in [2.75, 3.05) is 6.61 Å². The molecule has 0 aliphatic rings. The number of benzene rings is 2. The molecular weight excluding hydrogens is 308 g/mol. The van der Waals surface area contributed by atoms with Crippen LogP contribution in [0.3, 0.4) is 0 Å². The van der Waals surface area contributed by atoms with Gasteiger partial charge in [-0.15, -0.1) is 0 Å². The molecule has 0 heterocycles. The Bertz CT molecular complexity index is 604. The molecule has 0 aliphatic carbocycles. The van der Waals surface area contributed by atoms with E-state index in [2.05, 4.69) is 44.2 Å². The zero-order valence-corrected chi connectivity index (χ0v) is 15.7. The second-order valence-corrected chi connectivity index (χ2v) is 7.42. The first-order chi connectivity index (χ1) is 12.1. The van der Waals surface area contributed by atoms with Gasteiger partial charge in [0.05, 0.1) is 5.60 Å². The Kier molecular flexibility index (Phi) is 8.00. The summed E-state index contributed by atoms with van der Waals surface area (Å²) in [5, 5.41) is 9.89. The molecule has 0 amide bonds. The first kappa shape index (κ1) is 19.5. The molecule has 136 valence electrons. The van der Waals surface area contributed by atoms with Crippen molar-refractivity contribution in [1.29, 1.82) is 0 Å². The first-order valence-electron chi connectivity index (χ1n) is 9.52. The molecule has 0 bridgehead atoms. The number of phenols is 1. The highest BCUT2D eigenvalue weighted by molar-refractivity contribution is 5.32. The van der Waals surface area contributed by atoms with Crippen LogP contribution < -0.4 is 0 Å². The van der Waals surface area contributed by atoms with Crippen LogP contribution in [0.2, 0.25) is 0 Å². The number of aromatic hydroxyl groups is 1. The van der Waals surface area contributed by atoms with Crippen molar-refractivity contribution in [1.82, 2.24) is 0 Å². The zero-order valence-electron chi connectivity index (χ0n) is 15.7. The number of phenolic OH excluding ortho intramolecular Hbond substituents is 1. The van der Waals surface area contributed by atoms with Crippen LogP contribution in [0, 0.1) is 0 Å². The van der Waals surface area contributed by atoms with E-state index < -0.39 is 0 Å². The maximum atomic E-state index is 9.89. The summed E-state index contributed by atoms with van der Waals surface area (Å²) < 4.78 is 6.05. The van der Waals surface area contributed by atoms with Gasteiger partial charge in [-0.3, -0.25) is 0 Å². The van der Waals surface area contributed by atoms with E-state index in [9.17, 15) is 5.11 Å². The fourth-order valence-electron chi connectivity index (χ4n) is 3.12. The third kappa shape index (κ3) is 7.74. The molecule has 25 heavy (non-hydrogen) atoms. The van der Waals surface area contributed by atoms with Gasteiger partial charge in [0, 0.05) is 13.0 Å². The Labute approximate surface area is 152 Å². The normalized spacial score (nSPS) is 11.6. The maximum Gasteiger partial charge on any atom is 0.118 e. The van der Waals surface area contributed by atoms with Crippen molar-refractivity contribution >= 4 is 0 Å². The molecule has 0 saturated heterocycles. The fourth-order valence-corrected chi connectivity index (χ4v) is 3.12. The van der Waals surface area contributed by atoms with Gasteiger partial charge in [-0.25, -0.2) is 0 Å². The van der Waals surface area contributed by atoms with Gasteiger partial charge in [0.25, 0.3) is 0 Å². The summed E-state index contributed by atoms with van der Waals surface area (Å²) in [6.45, 7) is 4.98. The second kappa shape index (κ2) is 10.2. The van der Waals surface area contributed by atoms with Gasteiger partial charge >= 0.3 is 0 Å². The summed E-state index contributed by atoms with van der Waals surface area (Å²) in [5.41, 5.74) is 2.15. The molecule has 0 fully saturated rings. The lowest BCUT2D eigenvalue weighted by Gasteiger charge is -2.26. The Morgan fingerprint density at radius 3 is 2.20 bits per heavy atom. The van der Waals surface area contributed by atoms with E-state index in [1.807, 2.05) is 18.2 Å². The molecule has 0 unspecified atom stereocenters. The Morgan fingerprint density at radius 2 is 1.44 bits per heavy atom. The molecule has 2 aromatic rings. The molecule has 0 spiro atoms. The van der Waals surface area contributed by atoms with Crippen LogP contribution in [-0.4, -0.2) is 17.3 Å². The van der Waals surface area contributed by atoms with E-state index in [0.717, 1.165) is 25.0 Å². The number of hydrogen-bond donors (Lipinski definition) is 1. The highest BCUT2D eigenvalue weighted by atomic mass is 16.5. The molecule has 0 aliphatic heterocycles. The minimum absolute atomic E-state index is 0.244. The summed E-state index contributed by atoms with van der Waals surface area (Å²) in [7, 11) is 0. The molecule has 0 radical (unpaired) electrons. The molecule has 0 saturated carbocycles. The average molecular weight is 341 g/mol. The minimum atomic E-state index is -0.244. The number of hydrogen-bond acceptors (Lipinski definition) is 2. The van der Waals surface area contributed by atoms with E-state index in [1.165, 1.54) is 37.7 Å². The SMILES string of the molecule is CC(C)(Cc1ccccc1O)OCCCCCCCc1ccccc1. The van der Waals surface area contributed by atoms with E-state index >= 15 is 0 Å². The summed E-state index contributed by atoms with van der Waals surface area (Å²) in [6.07, 6.45) is 8.08. The van der Waals surface area contributed by atoms with Crippen LogP contribution in [0.5, 0.6) is 5.75 Å². The van der Waals surface area contributed by atoms with E-state index in [4.69, 9.17) is 4.74 Å². The quantitative estimate of drug-likeness (QED) is 0.514. The van der Waals surface area contributed by atoms with Crippen molar-refractivity contribution in [3.05, 3.63) is 65.7 Å². The van der Waals surface area contributed by atoms with Crippen LogP contribution in [0.4, 0.5) is 0 Å². The lowest BCUT2D eigenvalue weighted by atomic mass is 9.97. The fraction of sp³-hybridized carbons (Fsp3) is 0.478. The van der Waals surface area contributed by atoms with Gasteiger partial charge < -0.3 is 9.84 Å². The largest absolute Gasteiger partial charge is 0.508 e. The molecule has 2 rings (SSSR count). The lowest BCUT2D eigenvalue weighted by molar-refractivity contribution is -0.0190. The number of rotatable bonds is 11. The maximum absolute atomic E-state index is 9.89. The highest BCUT2D eigenvalue weighted by Gasteiger charge is 2.20. The number of ether oxygens (including phenoxy) is 1. The number of para-hydroxylation sites is 1. The predicted molar refractivity (Wildman–Crippen MR) is 105 cm³/mol. The standard InChI is InChI=1S/C23H32O2/c1-23(2,19-21-16-10-11-17-22(21)24)25-18-12-5-3-4-7-13-20-14-8-6-9-15-20/h6,8-11,14-17,24H,3-5,7,12-13,18-19H2,1-2H3. The number of aryl methyl sites for hydroxylation is 1. The summed E-state index contributed by atoms with van der Waals surface area (Å²) in [4.78, 5) is 0. The summed E-state index contributed by atoms with van der Waals surface area (Å²) >= 11 is 0. The smallest absolute Gasteiger partial charge is 0.118 e. The molecule has 2 aromatic carbocycles. The van der Waals surface area contributed by atoms with Crippen LogP contribution in [0.1, 0.15) is 57.1 Å². The second-order valence-electron chi connectivity index (χ2n) is 7.42. The third-order valence-electron chi connectivity index (χ3n) is 4.55. The third-order valence-corrected chi connectivity index (χ3v) is 4.55. The number of unbranched alkanes of at least 4 members (excludes halogenated alkanes) is 4. The van der Waals surface area contributed by atoms with Gasteiger partial charge in [-0.05, 0) is 50.3 Å². The predicted octanol–water partition coefficient (Wildman–Crippen LogP) is 5.92. The van der Waals surface area contributed by atoms with Gasteiger partial charge in [0.1, 0.15) is 5.75 Å². The molecule has 1 N–H and O–H groups in total. The van der Waals surface area contributed by atoms with Gasteiger partial charge in [0.2, 0.25) is 0 Å². The molecule has 0 atom stereocenters. The van der Waals surface area contributed by atoms with E-state index in [1.54, 1.807) is 6.07 Å². The van der Waals surface area contributed by atoms with Crippen molar-refractivity contribution in [2.24, 2.45) is 0 Å². The molecule has 2 heteroatoms. The van der Waals surface area contributed by atoms with Gasteiger partial charge in [-0.1, -0.05) is 67.8 Å². The summed E-state index contributed by atoms with van der Waals surface area (Å²) in [6, 6.07) is 18.2. The van der Waals surface area contributed by atoms with Crippen LogP contribution in [0.25, 0.3) is 0 Å². The topological polar surface area (TPSA) is 29.5 Å².